The highest BCUT2D eigenvalue weighted by Crippen LogP contribution is 2.56. The summed E-state index contributed by atoms with van der Waals surface area (Å²) < 4.78 is 5.54. The second-order valence-electron chi connectivity index (χ2n) is 6.39. The van der Waals surface area contributed by atoms with Gasteiger partial charge in [0, 0.05) is 11.6 Å². The van der Waals surface area contributed by atoms with Crippen LogP contribution >= 0.6 is 0 Å². The number of amides is 1. The summed E-state index contributed by atoms with van der Waals surface area (Å²) in [6.07, 6.45) is 1.12. The molecular weight excluding hydrogens is 240 g/mol. The number of ether oxygens (including phenoxy) is 1. The maximum absolute atomic E-state index is 11.3. The lowest BCUT2D eigenvalue weighted by Gasteiger charge is -2.54. The van der Waals surface area contributed by atoms with Gasteiger partial charge in [0.25, 0.3) is 0 Å². The van der Waals surface area contributed by atoms with Gasteiger partial charge in [-0.2, -0.15) is 0 Å². The second kappa shape index (κ2) is 4.44. The Labute approximate surface area is 114 Å². The van der Waals surface area contributed by atoms with E-state index in [1.807, 2.05) is 24.3 Å². The minimum absolute atomic E-state index is 0.0507. The van der Waals surface area contributed by atoms with Gasteiger partial charge in [-0.25, -0.2) is 4.79 Å². The van der Waals surface area contributed by atoms with E-state index < -0.39 is 11.7 Å². The predicted octanol–water partition coefficient (Wildman–Crippen LogP) is 3.02. The van der Waals surface area contributed by atoms with E-state index in [0.717, 1.165) is 18.4 Å². The predicted molar refractivity (Wildman–Crippen MR) is 75.4 cm³/mol. The van der Waals surface area contributed by atoms with Crippen LogP contribution in [0.2, 0.25) is 0 Å². The summed E-state index contributed by atoms with van der Waals surface area (Å²) >= 11 is 0. The number of rotatable bonds is 2. The molecule has 0 radical (unpaired) electrons. The zero-order chi connectivity index (χ0) is 14.3. The number of anilines is 1. The van der Waals surface area contributed by atoms with Gasteiger partial charge in [0.15, 0.2) is 0 Å². The molecule has 104 valence electrons. The summed E-state index contributed by atoms with van der Waals surface area (Å²) in [5, 5.41) is 0. The normalized spacial score (nSPS) is 26.6. The number of benzene rings is 1. The van der Waals surface area contributed by atoms with Crippen LogP contribution < -0.4 is 11.5 Å². The van der Waals surface area contributed by atoms with E-state index in [-0.39, 0.29) is 11.3 Å². The van der Waals surface area contributed by atoms with Crippen molar-refractivity contribution in [2.75, 3.05) is 5.73 Å². The molecule has 0 saturated heterocycles. The highest BCUT2D eigenvalue weighted by Gasteiger charge is 2.55. The van der Waals surface area contributed by atoms with Crippen molar-refractivity contribution in [2.45, 2.75) is 39.2 Å². The Morgan fingerprint density at radius 1 is 1.32 bits per heavy atom. The van der Waals surface area contributed by atoms with Crippen molar-refractivity contribution in [1.82, 2.24) is 0 Å². The van der Waals surface area contributed by atoms with E-state index in [0.29, 0.717) is 5.69 Å². The first-order valence-corrected chi connectivity index (χ1v) is 6.60. The number of primary amides is 1. The standard InChI is InChI=1S/C15H22N2O2/c1-14(2,3)12-8-9-15(12,19-13(17)18)10-4-6-11(16)7-5-10/h4-7,12H,8-9,16H2,1-3H3,(H2,17,18). The Morgan fingerprint density at radius 3 is 2.26 bits per heavy atom. The van der Waals surface area contributed by atoms with Crippen molar-refractivity contribution in [3.8, 4) is 0 Å². The van der Waals surface area contributed by atoms with Crippen LogP contribution in [-0.4, -0.2) is 6.09 Å². The first-order valence-electron chi connectivity index (χ1n) is 6.60. The molecule has 4 heteroatoms. The van der Waals surface area contributed by atoms with Crippen LogP contribution in [0.25, 0.3) is 0 Å². The number of hydrogen-bond donors (Lipinski definition) is 2. The zero-order valence-corrected chi connectivity index (χ0v) is 11.8. The van der Waals surface area contributed by atoms with Crippen molar-refractivity contribution in [3.05, 3.63) is 29.8 Å². The molecule has 19 heavy (non-hydrogen) atoms. The fourth-order valence-electron chi connectivity index (χ4n) is 3.15. The molecule has 2 unspecified atom stereocenters. The zero-order valence-electron chi connectivity index (χ0n) is 11.8. The fraction of sp³-hybridized carbons (Fsp3) is 0.533. The average molecular weight is 262 g/mol. The van der Waals surface area contributed by atoms with Gasteiger partial charge in [0.2, 0.25) is 0 Å². The molecule has 2 rings (SSSR count). The third kappa shape index (κ3) is 2.39. The topological polar surface area (TPSA) is 78.3 Å². The molecule has 1 aromatic rings. The Bertz CT molecular complexity index is 476. The van der Waals surface area contributed by atoms with Crippen LogP contribution in [0, 0.1) is 11.3 Å². The third-order valence-electron chi connectivity index (χ3n) is 4.09. The Hall–Kier alpha value is -1.71. The summed E-state index contributed by atoms with van der Waals surface area (Å²) in [4.78, 5) is 11.3. The SMILES string of the molecule is CC(C)(C)C1CCC1(OC(N)=O)c1ccc(N)cc1. The minimum atomic E-state index is -0.717. The van der Waals surface area contributed by atoms with Gasteiger partial charge < -0.3 is 16.2 Å². The molecule has 2 atom stereocenters. The van der Waals surface area contributed by atoms with Gasteiger partial charge in [-0.3, -0.25) is 0 Å². The second-order valence-corrected chi connectivity index (χ2v) is 6.39. The Balaban J connectivity index is 2.41. The highest BCUT2D eigenvalue weighted by molar-refractivity contribution is 5.66. The largest absolute Gasteiger partial charge is 0.438 e. The van der Waals surface area contributed by atoms with Crippen molar-refractivity contribution in [2.24, 2.45) is 17.1 Å². The van der Waals surface area contributed by atoms with E-state index >= 15 is 0 Å². The first kappa shape index (κ1) is 13.7. The number of carbonyl (C=O) groups is 1. The van der Waals surface area contributed by atoms with E-state index in [4.69, 9.17) is 16.2 Å². The van der Waals surface area contributed by atoms with Crippen LogP contribution in [-0.2, 0) is 10.3 Å². The lowest BCUT2D eigenvalue weighted by Crippen LogP contribution is -2.53. The maximum atomic E-state index is 11.3. The number of nitrogen functional groups attached to an aromatic ring is 1. The third-order valence-corrected chi connectivity index (χ3v) is 4.09. The molecular formula is C15H22N2O2. The van der Waals surface area contributed by atoms with E-state index in [9.17, 15) is 4.79 Å². The van der Waals surface area contributed by atoms with Gasteiger partial charge in [-0.1, -0.05) is 32.9 Å². The maximum Gasteiger partial charge on any atom is 0.405 e. The lowest BCUT2D eigenvalue weighted by molar-refractivity contribution is -0.144. The summed E-state index contributed by atoms with van der Waals surface area (Å²) in [5.41, 5.74) is 12.1. The quantitative estimate of drug-likeness (QED) is 0.804. The van der Waals surface area contributed by atoms with Crippen LogP contribution in [0.4, 0.5) is 10.5 Å². The molecule has 0 bridgehead atoms. The lowest BCUT2D eigenvalue weighted by atomic mass is 9.56. The summed E-state index contributed by atoms with van der Waals surface area (Å²) in [5.74, 6) is 0.260. The van der Waals surface area contributed by atoms with Gasteiger partial charge in [-0.15, -0.1) is 0 Å². The molecule has 1 aromatic carbocycles. The Kier molecular flexibility index (Phi) is 3.20. The molecule has 0 heterocycles. The number of nitrogens with two attached hydrogens (primary N) is 2. The van der Waals surface area contributed by atoms with Gasteiger partial charge in [0.05, 0.1) is 0 Å². The summed E-state index contributed by atoms with van der Waals surface area (Å²) in [6.45, 7) is 6.48. The van der Waals surface area contributed by atoms with E-state index in [2.05, 4.69) is 20.8 Å². The number of hydrogen-bond acceptors (Lipinski definition) is 3. The van der Waals surface area contributed by atoms with Crippen LogP contribution in [0.1, 0.15) is 39.2 Å². The summed E-state index contributed by atoms with van der Waals surface area (Å²) in [6, 6.07) is 7.52. The first-order chi connectivity index (χ1) is 8.75. The van der Waals surface area contributed by atoms with Gasteiger partial charge >= 0.3 is 6.09 Å². The molecule has 1 aliphatic rings. The fourth-order valence-corrected chi connectivity index (χ4v) is 3.15. The van der Waals surface area contributed by atoms with Crippen molar-refractivity contribution in [3.63, 3.8) is 0 Å². The molecule has 1 saturated carbocycles. The van der Waals surface area contributed by atoms with Crippen molar-refractivity contribution < 1.29 is 9.53 Å². The van der Waals surface area contributed by atoms with E-state index in [1.54, 1.807) is 0 Å². The van der Waals surface area contributed by atoms with Gasteiger partial charge in [0.1, 0.15) is 5.60 Å². The van der Waals surface area contributed by atoms with Crippen molar-refractivity contribution in [1.29, 1.82) is 0 Å². The average Bonchev–Trinajstić information content (AvgIpc) is 2.23. The summed E-state index contributed by atoms with van der Waals surface area (Å²) in [7, 11) is 0. The molecule has 4 N–H and O–H groups in total. The van der Waals surface area contributed by atoms with Gasteiger partial charge in [-0.05, 0) is 36.0 Å². The molecule has 0 aliphatic heterocycles. The Morgan fingerprint density at radius 2 is 1.89 bits per heavy atom. The molecule has 1 amide bonds. The highest BCUT2D eigenvalue weighted by atomic mass is 16.6. The minimum Gasteiger partial charge on any atom is -0.438 e. The molecule has 0 spiro atoms. The molecule has 1 aliphatic carbocycles. The molecule has 1 fully saturated rings. The van der Waals surface area contributed by atoms with E-state index in [1.165, 1.54) is 0 Å². The monoisotopic (exact) mass is 262 g/mol. The van der Waals surface area contributed by atoms with Crippen LogP contribution in [0.15, 0.2) is 24.3 Å². The van der Waals surface area contributed by atoms with Crippen LogP contribution in [0.3, 0.4) is 0 Å². The molecule has 4 nitrogen and oxygen atoms in total. The molecule has 0 aromatic heterocycles. The smallest absolute Gasteiger partial charge is 0.405 e. The van der Waals surface area contributed by atoms with Crippen LogP contribution in [0.5, 0.6) is 0 Å². The van der Waals surface area contributed by atoms with Crippen molar-refractivity contribution >= 4 is 11.8 Å². The number of carbonyl (C=O) groups excluding carboxylic acids is 1.